The molecule has 0 aliphatic carbocycles. The standard InChI is InChI=1S/C22H34N4O3/c1-22(2,3)12-20(28)25-9-6-17(7-10-25)26-15-18(27)11-19(26)21(29)24-14-16-5-4-8-23-13-16/h4-5,8,13,17-19,27H,6-7,9-12,14-15H2,1-3H3,(H,24,29)/t18-,19+/m1/s1. The number of hydrogen-bond acceptors (Lipinski definition) is 5. The Morgan fingerprint density at radius 3 is 2.62 bits per heavy atom. The van der Waals surface area contributed by atoms with Crippen molar-refractivity contribution >= 4 is 11.8 Å². The van der Waals surface area contributed by atoms with Crippen molar-refractivity contribution in [3.8, 4) is 0 Å². The second-order valence-corrected chi connectivity index (χ2v) is 9.53. The monoisotopic (exact) mass is 402 g/mol. The Morgan fingerprint density at radius 1 is 1.28 bits per heavy atom. The topological polar surface area (TPSA) is 85.8 Å². The number of nitrogens with one attached hydrogen (secondary N) is 1. The summed E-state index contributed by atoms with van der Waals surface area (Å²) in [6, 6.07) is 3.68. The molecular weight excluding hydrogens is 368 g/mol. The van der Waals surface area contributed by atoms with Gasteiger partial charge in [-0.1, -0.05) is 26.8 Å². The number of β-amino-alcohol motifs (C(OH)–C–C–N with tert-alkyl or cyclic N) is 1. The van der Waals surface area contributed by atoms with Crippen molar-refractivity contribution in [1.82, 2.24) is 20.1 Å². The van der Waals surface area contributed by atoms with Crippen LogP contribution < -0.4 is 5.32 Å². The molecule has 160 valence electrons. The third-order valence-corrected chi connectivity index (χ3v) is 5.78. The number of carbonyl (C=O) groups excluding carboxylic acids is 2. The molecular formula is C22H34N4O3. The molecule has 2 fully saturated rings. The summed E-state index contributed by atoms with van der Waals surface area (Å²) in [7, 11) is 0. The average molecular weight is 403 g/mol. The van der Waals surface area contributed by atoms with Crippen LogP contribution in [0.4, 0.5) is 0 Å². The summed E-state index contributed by atoms with van der Waals surface area (Å²) >= 11 is 0. The molecule has 2 aliphatic rings. The SMILES string of the molecule is CC(C)(C)CC(=O)N1CCC(N2C[C@H](O)C[C@H]2C(=O)NCc2cccnc2)CC1. The lowest BCUT2D eigenvalue weighted by molar-refractivity contribution is -0.135. The van der Waals surface area contributed by atoms with Crippen molar-refractivity contribution in [2.75, 3.05) is 19.6 Å². The first-order valence-electron chi connectivity index (χ1n) is 10.6. The highest BCUT2D eigenvalue weighted by Crippen LogP contribution is 2.28. The largest absolute Gasteiger partial charge is 0.392 e. The minimum Gasteiger partial charge on any atom is -0.392 e. The molecule has 2 amide bonds. The highest BCUT2D eigenvalue weighted by molar-refractivity contribution is 5.82. The maximum atomic E-state index is 12.8. The first-order chi connectivity index (χ1) is 13.7. The van der Waals surface area contributed by atoms with E-state index in [4.69, 9.17) is 0 Å². The van der Waals surface area contributed by atoms with E-state index in [2.05, 4.69) is 36.0 Å². The van der Waals surface area contributed by atoms with Gasteiger partial charge in [0.25, 0.3) is 0 Å². The number of hydrogen-bond donors (Lipinski definition) is 2. The predicted octanol–water partition coefficient (Wildman–Crippen LogP) is 1.56. The van der Waals surface area contributed by atoms with Gasteiger partial charge in [0.15, 0.2) is 0 Å². The Morgan fingerprint density at radius 2 is 2.00 bits per heavy atom. The minimum atomic E-state index is -0.482. The van der Waals surface area contributed by atoms with E-state index in [0.29, 0.717) is 25.9 Å². The number of rotatable bonds is 5. The van der Waals surface area contributed by atoms with Gasteiger partial charge in [-0.15, -0.1) is 0 Å². The first-order valence-corrected chi connectivity index (χ1v) is 10.6. The fraction of sp³-hybridized carbons (Fsp3) is 0.682. The molecule has 1 aromatic heterocycles. The molecule has 3 heterocycles. The third-order valence-electron chi connectivity index (χ3n) is 5.78. The molecule has 0 bridgehead atoms. The van der Waals surface area contributed by atoms with Gasteiger partial charge in [0.2, 0.25) is 11.8 Å². The number of carbonyl (C=O) groups is 2. The fourth-order valence-electron chi connectivity index (χ4n) is 4.32. The van der Waals surface area contributed by atoms with Crippen molar-refractivity contribution in [2.24, 2.45) is 5.41 Å². The summed E-state index contributed by atoms with van der Waals surface area (Å²) in [5.41, 5.74) is 0.946. The van der Waals surface area contributed by atoms with Gasteiger partial charge in [0.1, 0.15) is 0 Å². The number of aliphatic hydroxyl groups is 1. The van der Waals surface area contributed by atoms with Crippen LogP contribution >= 0.6 is 0 Å². The number of pyridine rings is 1. The van der Waals surface area contributed by atoms with Crippen LogP contribution in [0.25, 0.3) is 0 Å². The zero-order valence-electron chi connectivity index (χ0n) is 17.8. The maximum Gasteiger partial charge on any atom is 0.237 e. The molecule has 7 nitrogen and oxygen atoms in total. The summed E-state index contributed by atoms with van der Waals surface area (Å²) < 4.78 is 0. The van der Waals surface area contributed by atoms with Gasteiger partial charge >= 0.3 is 0 Å². The second kappa shape index (κ2) is 9.22. The maximum absolute atomic E-state index is 12.8. The molecule has 0 unspecified atom stereocenters. The van der Waals surface area contributed by atoms with Crippen LogP contribution in [0.2, 0.25) is 0 Å². The van der Waals surface area contributed by atoms with Crippen molar-refractivity contribution in [3.63, 3.8) is 0 Å². The number of piperidine rings is 1. The Kier molecular flexibility index (Phi) is 6.90. The Hall–Kier alpha value is -1.99. The predicted molar refractivity (Wildman–Crippen MR) is 111 cm³/mol. The van der Waals surface area contributed by atoms with Gasteiger partial charge in [-0.05, 0) is 36.3 Å². The zero-order chi connectivity index (χ0) is 21.0. The lowest BCUT2D eigenvalue weighted by atomic mass is 9.91. The second-order valence-electron chi connectivity index (χ2n) is 9.53. The number of aromatic nitrogens is 1. The molecule has 0 saturated carbocycles. The van der Waals surface area contributed by atoms with E-state index >= 15 is 0 Å². The molecule has 0 spiro atoms. The van der Waals surface area contributed by atoms with Crippen LogP contribution in [0.15, 0.2) is 24.5 Å². The number of nitrogens with zero attached hydrogens (tertiary/aromatic N) is 3. The van der Waals surface area contributed by atoms with E-state index in [1.54, 1.807) is 12.4 Å². The molecule has 2 atom stereocenters. The van der Waals surface area contributed by atoms with Gasteiger partial charge in [0, 0.05) is 51.0 Å². The molecule has 2 aliphatic heterocycles. The van der Waals surface area contributed by atoms with Crippen LogP contribution in [-0.4, -0.2) is 69.5 Å². The Bertz CT molecular complexity index is 696. The summed E-state index contributed by atoms with van der Waals surface area (Å²) in [6.07, 6.45) is 5.67. The lowest BCUT2D eigenvalue weighted by Gasteiger charge is -2.39. The molecule has 2 saturated heterocycles. The van der Waals surface area contributed by atoms with E-state index in [0.717, 1.165) is 31.5 Å². The normalized spacial score (nSPS) is 23.9. The quantitative estimate of drug-likeness (QED) is 0.781. The van der Waals surface area contributed by atoms with E-state index in [9.17, 15) is 14.7 Å². The van der Waals surface area contributed by atoms with Gasteiger partial charge in [-0.3, -0.25) is 19.5 Å². The number of amides is 2. The highest BCUT2D eigenvalue weighted by atomic mass is 16.3. The summed E-state index contributed by atoms with van der Waals surface area (Å²) in [5.74, 6) is 0.166. The Balaban J connectivity index is 1.54. The number of likely N-dealkylation sites (tertiary alicyclic amines) is 2. The van der Waals surface area contributed by atoms with Crippen LogP contribution in [0.1, 0.15) is 52.0 Å². The fourth-order valence-corrected chi connectivity index (χ4v) is 4.32. The van der Waals surface area contributed by atoms with Crippen LogP contribution in [-0.2, 0) is 16.1 Å². The molecule has 0 radical (unpaired) electrons. The summed E-state index contributed by atoms with van der Waals surface area (Å²) in [5, 5.41) is 13.2. The van der Waals surface area contributed by atoms with E-state index in [-0.39, 0.29) is 29.3 Å². The van der Waals surface area contributed by atoms with Gasteiger partial charge in [-0.2, -0.15) is 0 Å². The molecule has 2 N–H and O–H groups in total. The molecule has 1 aromatic rings. The molecule has 0 aromatic carbocycles. The zero-order valence-corrected chi connectivity index (χ0v) is 17.8. The highest BCUT2D eigenvalue weighted by Gasteiger charge is 2.41. The molecule has 3 rings (SSSR count). The summed E-state index contributed by atoms with van der Waals surface area (Å²) in [6.45, 7) is 8.64. The van der Waals surface area contributed by atoms with E-state index in [1.807, 2.05) is 17.0 Å². The number of aliphatic hydroxyl groups excluding tert-OH is 1. The van der Waals surface area contributed by atoms with Gasteiger partial charge in [-0.25, -0.2) is 0 Å². The third kappa shape index (κ3) is 6.00. The van der Waals surface area contributed by atoms with E-state index < -0.39 is 6.10 Å². The van der Waals surface area contributed by atoms with Crippen LogP contribution in [0.5, 0.6) is 0 Å². The van der Waals surface area contributed by atoms with Crippen molar-refractivity contribution in [1.29, 1.82) is 0 Å². The summed E-state index contributed by atoms with van der Waals surface area (Å²) in [4.78, 5) is 33.5. The van der Waals surface area contributed by atoms with Crippen LogP contribution in [0, 0.1) is 5.41 Å². The van der Waals surface area contributed by atoms with Gasteiger partial charge in [0.05, 0.1) is 12.1 Å². The van der Waals surface area contributed by atoms with E-state index in [1.165, 1.54) is 0 Å². The average Bonchev–Trinajstić information content (AvgIpc) is 3.07. The van der Waals surface area contributed by atoms with Crippen molar-refractivity contribution in [3.05, 3.63) is 30.1 Å². The minimum absolute atomic E-state index is 0.00947. The van der Waals surface area contributed by atoms with Crippen molar-refractivity contribution in [2.45, 2.75) is 71.2 Å². The Labute approximate surface area is 173 Å². The van der Waals surface area contributed by atoms with Crippen molar-refractivity contribution < 1.29 is 14.7 Å². The molecule has 7 heteroatoms. The first kappa shape index (κ1) is 21.7. The molecule has 29 heavy (non-hydrogen) atoms. The van der Waals surface area contributed by atoms with Gasteiger partial charge < -0.3 is 15.3 Å². The smallest absolute Gasteiger partial charge is 0.237 e. The van der Waals surface area contributed by atoms with Crippen LogP contribution in [0.3, 0.4) is 0 Å². The lowest BCUT2D eigenvalue weighted by Crippen LogP contribution is -2.52.